The van der Waals surface area contributed by atoms with Crippen molar-refractivity contribution < 1.29 is 23.5 Å². The lowest BCUT2D eigenvalue weighted by atomic mass is 10.1. The second-order valence-electron chi connectivity index (χ2n) is 8.47. The Morgan fingerprint density at radius 3 is 2.55 bits per heavy atom. The first-order chi connectivity index (χ1) is 19.3. The summed E-state index contributed by atoms with van der Waals surface area (Å²) in [4.78, 5) is 24.7. The van der Waals surface area contributed by atoms with Crippen LogP contribution in [0.5, 0.6) is 11.5 Å². The molecule has 3 aromatic carbocycles. The molecule has 0 spiro atoms. The van der Waals surface area contributed by atoms with Crippen LogP contribution in [-0.4, -0.2) is 34.8 Å². The van der Waals surface area contributed by atoms with Gasteiger partial charge in [-0.05, 0) is 61.4 Å². The Kier molecular flexibility index (Phi) is 9.76. The normalized spacial score (nSPS) is 10.9. The summed E-state index contributed by atoms with van der Waals surface area (Å²) < 4.78 is 24.7. The Hall–Kier alpha value is -4.35. The zero-order valence-electron chi connectivity index (χ0n) is 21.6. The monoisotopic (exact) mass is 581 g/mol. The number of amides is 2. The first kappa shape index (κ1) is 28.7. The fourth-order valence-corrected chi connectivity index (χ4v) is 4.41. The van der Waals surface area contributed by atoms with Crippen molar-refractivity contribution in [2.45, 2.75) is 26.9 Å². The average Bonchev–Trinajstić information content (AvgIpc) is 3.36. The molecule has 2 amide bonds. The molecule has 0 aliphatic rings. The Labute approximate surface area is 239 Å². The number of carbonyl (C=O) groups is 2. The lowest BCUT2D eigenvalue weighted by molar-refractivity contribution is -0.120. The van der Waals surface area contributed by atoms with E-state index in [0.29, 0.717) is 34.2 Å². The van der Waals surface area contributed by atoms with Gasteiger partial charge in [0.05, 0.1) is 24.3 Å². The third-order valence-electron chi connectivity index (χ3n) is 5.34. The smallest absolute Gasteiger partial charge is 0.257 e. The van der Waals surface area contributed by atoms with E-state index in [4.69, 9.17) is 21.1 Å². The first-order valence-corrected chi connectivity index (χ1v) is 13.4. The SMILES string of the molecule is CCOc1cc(/C=N/NC(=O)Cc2nnc(NC(=O)c3ccc(C)cc3)s2)cc(Cl)c1OCc1ccc(F)cc1. The topological polar surface area (TPSA) is 115 Å². The van der Waals surface area contributed by atoms with E-state index in [9.17, 15) is 14.0 Å². The number of hydrogen-bond donors (Lipinski definition) is 2. The van der Waals surface area contributed by atoms with E-state index in [1.807, 2.05) is 26.0 Å². The molecule has 4 rings (SSSR count). The molecule has 0 aliphatic carbocycles. The molecule has 2 N–H and O–H groups in total. The molecule has 12 heteroatoms. The summed E-state index contributed by atoms with van der Waals surface area (Å²) in [6.45, 7) is 4.30. The van der Waals surface area contributed by atoms with Gasteiger partial charge in [-0.3, -0.25) is 14.9 Å². The Morgan fingerprint density at radius 2 is 1.82 bits per heavy atom. The number of halogens is 2. The van der Waals surface area contributed by atoms with Crippen LogP contribution in [-0.2, 0) is 17.8 Å². The number of nitrogens with one attached hydrogen (secondary N) is 2. The van der Waals surface area contributed by atoms with Crippen molar-refractivity contribution in [2.75, 3.05) is 11.9 Å². The maximum absolute atomic E-state index is 13.1. The molecule has 1 heterocycles. The van der Waals surface area contributed by atoms with Crippen LogP contribution in [0.4, 0.5) is 9.52 Å². The van der Waals surface area contributed by atoms with E-state index in [1.54, 1.807) is 36.4 Å². The van der Waals surface area contributed by atoms with E-state index < -0.39 is 5.91 Å². The number of carbonyl (C=O) groups excluding carboxylic acids is 2. The van der Waals surface area contributed by atoms with Gasteiger partial charge in [0.1, 0.15) is 17.4 Å². The van der Waals surface area contributed by atoms with Gasteiger partial charge in [0, 0.05) is 5.56 Å². The zero-order valence-corrected chi connectivity index (χ0v) is 23.2. The molecule has 0 fully saturated rings. The van der Waals surface area contributed by atoms with Crippen LogP contribution in [0.15, 0.2) is 65.8 Å². The van der Waals surface area contributed by atoms with Gasteiger partial charge in [0.2, 0.25) is 11.0 Å². The van der Waals surface area contributed by atoms with E-state index in [-0.39, 0.29) is 34.9 Å². The minimum atomic E-state index is -0.417. The maximum atomic E-state index is 13.1. The molecule has 0 unspecified atom stereocenters. The Balaban J connectivity index is 1.32. The molecular weight excluding hydrogens is 557 g/mol. The molecule has 1 aromatic heterocycles. The molecule has 0 radical (unpaired) electrons. The van der Waals surface area contributed by atoms with Crippen molar-refractivity contribution in [2.24, 2.45) is 5.10 Å². The highest BCUT2D eigenvalue weighted by molar-refractivity contribution is 7.15. The summed E-state index contributed by atoms with van der Waals surface area (Å²) >= 11 is 7.54. The molecule has 9 nitrogen and oxygen atoms in total. The zero-order chi connectivity index (χ0) is 28.5. The number of hydrazone groups is 1. The minimum Gasteiger partial charge on any atom is -0.490 e. The first-order valence-electron chi connectivity index (χ1n) is 12.2. The van der Waals surface area contributed by atoms with Gasteiger partial charge in [-0.15, -0.1) is 10.2 Å². The van der Waals surface area contributed by atoms with Gasteiger partial charge < -0.3 is 9.47 Å². The number of nitrogens with zero attached hydrogens (tertiary/aromatic N) is 3. The van der Waals surface area contributed by atoms with Crippen LogP contribution in [0.2, 0.25) is 5.02 Å². The summed E-state index contributed by atoms with van der Waals surface area (Å²) in [5, 5.41) is 15.5. The van der Waals surface area contributed by atoms with Gasteiger partial charge in [-0.1, -0.05) is 52.8 Å². The predicted molar refractivity (Wildman–Crippen MR) is 152 cm³/mol. The average molecular weight is 582 g/mol. The number of rotatable bonds is 11. The lowest BCUT2D eigenvalue weighted by Crippen LogP contribution is -2.19. The van der Waals surface area contributed by atoms with Crippen LogP contribution < -0.4 is 20.2 Å². The molecule has 206 valence electrons. The second kappa shape index (κ2) is 13.6. The summed E-state index contributed by atoms with van der Waals surface area (Å²) in [5.41, 5.74) is 5.31. The third-order valence-corrected chi connectivity index (χ3v) is 6.46. The van der Waals surface area contributed by atoms with Crippen LogP contribution in [0.1, 0.15) is 39.0 Å². The van der Waals surface area contributed by atoms with Crippen LogP contribution >= 0.6 is 22.9 Å². The fraction of sp³-hybridized carbons (Fsp3) is 0.179. The molecule has 4 aromatic rings. The van der Waals surface area contributed by atoms with Crippen molar-refractivity contribution in [3.05, 3.63) is 98.8 Å². The number of anilines is 1. The fourth-order valence-electron chi connectivity index (χ4n) is 3.41. The van der Waals surface area contributed by atoms with Crippen LogP contribution in [0.25, 0.3) is 0 Å². The number of hydrogen-bond acceptors (Lipinski definition) is 8. The highest BCUT2D eigenvalue weighted by atomic mass is 35.5. The highest BCUT2D eigenvalue weighted by Gasteiger charge is 2.14. The van der Waals surface area contributed by atoms with Gasteiger partial charge in [0.15, 0.2) is 11.5 Å². The van der Waals surface area contributed by atoms with Crippen molar-refractivity contribution in [1.29, 1.82) is 0 Å². The summed E-state index contributed by atoms with van der Waals surface area (Å²) in [6, 6.07) is 16.4. The second-order valence-corrected chi connectivity index (χ2v) is 9.94. The summed E-state index contributed by atoms with van der Waals surface area (Å²) in [7, 11) is 0. The van der Waals surface area contributed by atoms with Gasteiger partial charge in [-0.2, -0.15) is 5.10 Å². The quantitative estimate of drug-likeness (QED) is 0.177. The van der Waals surface area contributed by atoms with Gasteiger partial charge in [-0.25, -0.2) is 9.82 Å². The van der Waals surface area contributed by atoms with E-state index in [2.05, 4.69) is 26.0 Å². The third kappa shape index (κ3) is 8.08. The summed E-state index contributed by atoms with van der Waals surface area (Å²) in [5.74, 6) is -0.314. The van der Waals surface area contributed by atoms with Gasteiger partial charge in [0.25, 0.3) is 5.91 Å². The molecule has 0 aliphatic heterocycles. The van der Waals surface area contributed by atoms with Crippen molar-refractivity contribution >= 4 is 46.1 Å². The standard InChI is InChI=1S/C28H25ClFN5O4S/c1-3-38-23-13-19(12-22(29)26(23)39-16-18-6-10-21(30)11-7-18)15-31-33-24(36)14-25-34-35-28(40-25)32-27(37)20-8-4-17(2)5-9-20/h4-13,15H,3,14,16H2,1-2H3,(H,33,36)(H,32,35,37)/b31-15+. The molecular formula is C28H25ClFN5O4S. The van der Waals surface area contributed by atoms with E-state index >= 15 is 0 Å². The van der Waals surface area contributed by atoms with Crippen LogP contribution in [0.3, 0.4) is 0 Å². The lowest BCUT2D eigenvalue weighted by Gasteiger charge is -2.14. The Bertz CT molecular complexity index is 1510. The predicted octanol–water partition coefficient (Wildman–Crippen LogP) is 5.56. The van der Waals surface area contributed by atoms with Crippen LogP contribution in [0, 0.1) is 12.7 Å². The van der Waals surface area contributed by atoms with Crippen molar-refractivity contribution in [1.82, 2.24) is 15.6 Å². The Morgan fingerprint density at radius 1 is 1.07 bits per heavy atom. The molecule has 0 saturated carbocycles. The number of ether oxygens (including phenoxy) is 2. The molecule has 0 saturated heterocycles. The summed E-state index contributed by atoms with van der Waals surface area (Å²) in [6.07, 6.45) is 1.35. The maximum Gasteiger partial charge on any atom is 0.257 e. The number of benzene rings is 3. The largest absolute Gasteiger partial charge is 0.490 e. The molecule has 40 heavy (non-hydrogen) atoms. The molecule has 0 bridgehead atoms. The van der Waals surface area contributed by atoms with E-state index in [0.717, 1.165) is 22.5 Å². The van der Waals surface area contributed by atoms with Crippen molar-refractivity contribution in [3.63, 3.8) is 0 Å². The van der Waals surface area contributed by atoms with Crippen molar-refractivity contribution in [3.8, 4) is 11.5 Å². The molecule has 0 atom stereocenters. The van der Waals surface area contributed by atoms with E-state index in [1.165, 1.54) is 18.3 Å². The number of aromatic nitrogens is 2. The minimum absolute atomic E-state index is 0.0729. The highest BCUT2D eigenvalue weighted by Crippen LogP contribution is 2.37. The number of aryl methyl sites for hydroxylation is 1. The van der Waals surface area contributed by atoms with Gasteiger partial charge >= 0.3 is 0 Å².